The van der Waals surface area contributed by atoms with Crippen molar-refractivity contribution in [3.8, 4) is 0 Å². The van der Waals surface area contributed by atoms with Gasteiger partial charge in [0.15, 0.2) is 5.78 Å². The average Bonchev–Trinajstić information content (AvgIpc) is 2.83. The van der Waals surface area contributed by atoms with E-state index >= 15 is 0 Å². The molecule has 2 aromatic carbocycles. The second-order valence-electron chi connectivity index (χ2n) is 5.37. The van der Waals surface area contributed by atoms with Crippen molar-refractivity contribution in [2.75, 3.05) is 7.05 Å². The third-order valence-electron chi connectivity index (χ3n) is 3.80. The van der Waals surface area contributed by atoms with Gasteiger partial charge in [-0.2, -0.15) is 0 Å². The van der Waals surface area contributed by atoms with E-state index in [1.165, 1.54) is 4.90 Å². The molecule has 114 valence electrons. The van der Waals surface area contributed by atoms with Gasteiger partial charge in [-0.1, -0.05) is 54.6 Å². The third kappa shape index (κ3) is 2.97. The Kier molecular flexibility index (Phi) is 3.89. The van der Waals surface area contributed by atoms with Crippen LogP contribution in [0.15, 0.2) is 65.3 Å². The molecule has 0 saturated carbocycles. The van der Waals surface area contributed by atoms with Crippen LogP contribution in [-0.2, 0) is 4.79 Å². The highest BCUT2D eigenvalue weighted by Crippen LogP contribution is 2.18. The van der Waals surface area contributed by atoms with Crippen LogP contribution < -0.4 is 0 Å². The number of hydrogen-bond acceptors (Lipinski definition) is 3. The van der Waals surface area contributed by atoms with Crippen LogP contribution in [0.5, 0.6) is 0 Å². The summed E-state index contributed by atoms with van der Waals surface area (Å²) in [6.07, 6.45) is 1.73. The van der Waals surface area contributed by atoms with Gasteiger partial charge in [-0.15, -0.1) is 0 Å². The van der Waals surface area contributed by atoms with E-state index in [0.29, 0.717) is 22.7 Å². The molecule has 23 heavy (non-hydrogen) atoms. The Hall–Kier alpha value is -3.01. The Morgan fingerprint density at radius 1 is 1.00 bits per heavy atom. The highest BCUT2D eigenvalue weighted by atomic mass is 16.2. The second-order valence-corrected chi connectivity index (χ2v) is 5.37. The maximum absolute atomic E-state index is 12.3. The van der Waals surface area contributed by atoms with Crippen molar-refractivity contribution in [2.45, 2.75) is 6.92 Å². The summed E-state index contributed by atoms with van der Waals surface area (Å²) in [7, 11) is 1.70. The van der Waals surface area contributed by atoms with E-state index in [1.807, 2.05) is 30.3 Å². The lowest BCUT2D eigenvalue weighted by molar-refractivity contribution is -0.121. The molecule has 4 nitrogen and oxygen atoms in total. The summed E-state index contributed by atoms with van der Waals surface area (Å²) in [6.45, 7) is 1.79. The molecule has 0 saturated heterocycles. The van der Waals surface area contributed by atoms with Gasteiger partial charge in [-0.25, -0.2) is 4.99 Å². The minimum absolute atomic E-state index is 0.0182. The van der Waals surface area contributed by atoms with Gasteiger partial charge >= 0.3 is 0 Å². The van der Waals surface area contributed by atoms with Crippen molar-refractivity contribution in [2.24, 2.45) is 4.99 Å². The third-order valence-corrected chi connectivity index (χ3v) is 3.80. The maximum atomic E-state index is 12.3. The molecular formula is C19H16N2O2. The fourth-order valence-electron chi connectivity index (χ4n) is 2.35. The van der Waals surface area contributed by atoms with Crippen LogP contribution in [0.2, 0.25) is 0 Å². The first-order valence-corrected chi connectivity index (χ1v) is 7.31. The van der Waals surface area contributed by atoms with E-state index in [2.05, 4.69) is 4.99 Å². The predicted molar refractivity (Wildman–Crippen MR) is 90.2 cm³/mol. The lowest BCUT2D eigenvalue weighted by Crippen LogP contribution is -2.25. The topological polar surface area (TPSA) is 49.7 Å². The number of ketones is 1. The number of carbonyl (C=O) groups is 2. The number of rotatable bonds is 3. The summed E-state index contributed by atoms with van der Waals surface area (Å²) < 4.78 is 0. The molecule has 0 aromatic heterocycles. The largest absolute Gasteiger partial charge is 0.298 e. The fourth-order valence-corrected chi connectivity index (χ4v) is 2.35. The molecule has 1 amide bonds. The molecule has 1 aliphatic rings. The average molecular weight is 304 g/mol. The summed E-state index contributed by atoms with van der Waals surface area (Å²) in [5.74, 6) is 0.541. The zero-order valence-corrected chi connectivity index (χ0v) is 13.0. The molecular weight excluding hydrogens is 288 g/mol. The van der Waals surface area contributed by atoms with Gasteiger partial charge in [-0.3, -0.25) is 14.5 Å². The monoisotopic (exact) mass is 304 g/mol. The Bertz CT molecular complexity index is 818. The van der Waals surface area contributed by atoms with Crippen LogP contribution in [0, 0.1) is 0 Å². The molecule has 1 aliphatic heterocycles. The lowest BCUT2D eigenvalue weighted by Gasteiger charge is -2.06. The van der Waals surface area contributed by atoms with Crippen molar-refractivity contribution in [1.82, 2.24) is 4.90 Å². The van der Waals surface area contributed by atoms with Crippen LogP contribution in [0.3, 0.4) is 0 Å². The smallest absolute Gasteiger partial charge is 0.277 e. The van der Waals surface area contributed by atoms with E-state index in [-0.39, 0.29) is 11.7 Å². The molecule has 0 N–H and O–H groups in total. The predicted octanol–water partition coefficient (Wildman–Crippen LogP) is 3.15. The van der Waals surface area contributed by atoms with Crippen LogP contribution in [0.1, 0.15) is 28.4 Å². The van der Waals surface area contributed by atoms with Crippen LogP contribution >= 0.6 is 0 Å². The van der Waals surface area contributed by atoms with Gasteiger partial charge in [0.1, 0.15) is 11.5 Å². The summed E-state index contributed by atoms with van der Waals surface area (Å²) in [4.78, 5) is 30.1. The van der Waals surface area contributed by atoms with Gasteiger partial charge in [0.25, 0.3) is 5.91 Å². The van der Waals surface area contributed by atoms with E-state index in [1.54, 1.807) is 44.3 Å². The van der Waals surface area contributed by atoms with Gasteiger partial charge in [-0.05, 0) is 18.6 Å². The van der Waals surface area contributed by atoms with Crippen LogP contribution in [0.4, 0.5) is 0 Å². The van der Waals surface area contributed by atoms with Gasteiger partial charge < -0.3 is 0 Å². The number of aliphatic imine (C=N–C) groups is 1. The number of nitrogens with zero attached hydrogens (tertiary/aromatic N) is 2. The lowest BCUT2D eigenvalue weighted by atomic mass is 10.0. The molecule has 0 unspecified atom stereocenters. The molecule has 0 atom stereocenters. The van der Waals surface area contributed by atoms with Gasteiger partial charge in [0.2, 0.25) is 0 Å². The molecule has 1 heterocycles. The van der Waals surface area contributed by atoms with E-state index in [9.17, 15) is 9.59 Å². The highest BCUT2D eigenvalue weighted by Gasteiger charge is 2.23. The first kappa shape index (κ1) is 14.9. The number of carbonyl (C=O) groups excluding carboxylic acids is 2. The molecule has 0 bridgehead atoms. The molecule has 4 heteroatoms. The zero-order valence-electron chi connectivity index (χ0n) is 13.0. The number of hydrogen-bond donors (Lipinski definition) is 0. The quantitative estimate of drug-likeness (QED) is 0.646. The number of benzene rings is 2. The minimum Gasteiger partial charge on any atom is -0.298 e. The van der Waals surface area contributed by atoms with E-state index < -0.39 is 0 Å². The molecule has 0 aliphatic carbocycles. The Balaban J connectivity index is 1.84. The van der Waals surface area contributed by atoms with Gasteiger partial charge in [0.05, 0.1) is 0 Å². The van der Waals surface area contributed by atoms with Crippen LogP contribution in [-0.4, -0.2) is 29.5 Å². The fraction of sp³-hybridized carbons (Fsp3) is 0.105. The second kappa shape index (κ2) is 6.01. The summed E-state index contributed by atoms with van der Waals surface area (Å²) in [5, 5.41) is 0. The van der Waals surface area contributed by atoms with Crippen LogP contribution in [0.25, 0.3) is 6.08 Å². The van der Waals surface area contributed by atoms with Gasteiger partial charge in [0, 0.05) is 18.2 Å². The maximum Gasteiger partial charge on any atom is 0.277 e. The molecule has 0 spiro atoms. The van der Waals surface area contributed by atoms with Crippen molar-refractivity contribution in [1.29, 1.82) is 0 Å². The Morgan fingerprint density at radius 3 is 2.17 bits per heavy atom. The Labute approximate surface area is 134 Å². The minimum atomic E-state index is -0.119. The molecule has 0 radical (unpaired) electrons. The normalized spacial score (nSPS) is 15.9. The number of amides is 1. The van der Waals surface area contributed by atoms with Crippen molar-refractivity contribution in [3.05, 3.63) is 77.0 Å². The van der Waals surface area contributed by atoms with Crippen molar-refractivity contribution < 1.29 is 9.59 Å². The SMILES string of the molecule is CC1=NC(=Cc2ccc(C(=O)c3ccccc3)cc2)C(=O)N1C. The first-order chi connectivity index (χ1) is 11.1. The van der Waals surface area contributed by atoms with E-state index in [4.69, 9.17) is 0 Å². The first-order valence-electron chi connectivity index (χ1n) is 7.31. The molecule has 2 aromatic rings. The summed E-state index contributed by atoms with van der Waals surface area (Å²) in [6, 6.07) is 16.3. The number of likely N-dealkylation sites (N-methyl/N-ethyl adjacent to an activating group) is 1. The number of amidine groups is 1. The Morgan fingerprint density at radius 2 is 1.61 bits per heavy atom. The van der Waals surface area contributed by atoms with Crippen molar-refractivity contribution >= 4 is 23.6 Å². The molecule has 3 rings (SSSR count). The standard InChI is InChI=1S/C19H16N2O2/c1-13-20-17(19(23)21(13)2)12-14-8-10-16(11-9-14)18(22)15-6-4-3-5-7-15/h3-12H,1-2H3. The molecule has 0 fully saturated rings. The summed E-state index contributed by atoms with van der Waals surface area (Å²) in [5.41, 5.74) is 2.52. The van der Waals surface area contributed by atoms with Crippen molar-refractivity contribution in [3.63, 3.8) is 0 Å². The zero-order chi connectivity index (χ0) is 16.4. The van der Waals surface area contributed by atoms with E-state index in [0.717, 1.165) is 5.56 Å². The summed E-state index contributed by atoms with van der Waals surface area (Å²) >= 11 is 0. The highest BCUT2D eigenvalue weighted by molar-refractivity contribution is 6.13.